The minimum absolute atomic E-state index is 0.108. The van der Waals surface area contributed by atoms with Crippen molar-refractivity contribution in [1.82, 2.24) is 5.32 Å². The van der Waals surface area contributed by atoms with Gasteiger partial charge in [0.25, 0.3) is 0 Å². The highest BCUT2D eigenvalue weighted by Gasteiger charge is 2.01. The molecule has 0 aliphatic heterocycles. The average Bonchev–Trinajstić information content (AvgIpc) is 2.18. The van der Waals surface area contributed by atoms with Gasteiger partial charge in [0.2, 0.25) is 0 Å². The van der Waals surface area contributed by atoms with E-state index in [2.05, 4.69) is 5.32 Å². The molecular weight excluding hydrogens is 185 g/mol. The van der Waals surface area contributed by atoms with Gasteiger partial charge in [0.05, 0.1) is 6.61 Å². The highest BCUT2D eigenvalue weighted by Crippen LogP contribution is 2.17. The number of hydrogen-bond acceptors (Lipinski definition) is 3. The first-order valence-electron chi connectivity index (χ1n) is 4.41. The molecule has 0 aromatic heterocycles. The molecule has 3 nitrogen and oxygen atoms in total. The average molecular weight is 199 g/mol. The van der Waals surface area contributed by atoms with E-state index in [4.69, 9.17) is 4.74 Å². The Bertz CT molecular complexity index is 291. The molecule has 4 heteroatoms. The summed E-state index contributed by atoms with van der Waals surface area (Å²) >= 11 is 0. The third-order valence-electron chi connectivity index (χ3n) is 1.84. The van der Waals surface area contributed by atoms with Crippen molar-refractivity contribution in [3.8, 4) is 5.75 Å². The fourth-order valence-corrected chi connectivity index (χ4v) is 1.09. The summed E-state index contributed by atoms with van der Waals surface area (Å²) in [6, 6.07) is 3.89. The minimum atomic E-state index is -0.341. The molecule has 0 aliphatic carbocycles. The Balaban J connectivity index is 2.45. The van der Waals surface area contributed by atoms with Crippen LogP contribution >= 0.6 is 0 Å². The van der Waals surface area contributed by atoms with Crippen LogP contribution in [0, 0.1) is 5.82 Å². The minimum Gasteiger partial charge on any atom is -0.508 e. The maximum Gasteiger partial charge on any atom is 0.123 e. The summed E-state index contributed by atoms with van der Waals surface area (Å²) in [4.78, 5) is 0. The van der Waals surface area contributed by atoms with E-state index in [0.717, 1.165) is 0 Å². The topological polar surface area (TPSA) is 41.5 Å². The monoisotopic (exact) mass is 199 g/mol. The Morgan fingerprint density at radius 3 is 3.00 bits per heavy atom. The second-order valence-corrected chi connectivity index (χ2v) is 2.94. The molecule has 0 heterocycles. The van der Waals surface area contributed by atoms with Gasteiger partial charge >= 0.3 is 0 Å². The van der Waals surface area contributed by atoms with Gasteiger partial charge in [-0.15, -0.1) is 0 Å². The van der Waals surface area contributed by atoms with Gasteiger partial charge in [0.15, 0.2) is 0 Å². The van der Waals surface area contributed by atoms with Gasteiger partial charge < -0.3 is 15.2 Å². The third kappa shape index (κ3) is 3.32. The van der Waals surface area contributed by atoms with Crippen LogP contribution in [0.3, 0.4) is 0 Å². The molecule has 78 valence electrons. The Labute approximate surface area is 82.5 Å². The number of rotatable bonds is 5. The van der Waals surface area contributed by atoms with E-state index in [9.17, 15) is 9.50 Å². The maximum atomic E-state index is 12.8. The first-order chi connectivity index (χ1) is 6.74. The number of nitrogens with one attached hydrogen (secondary N) is 1. The number of phenols is 1. The SMILES string of the molecule is COCCNCc1cc(F)ccc1O. The van der Waals surface area contributed by atoms with Gasteiger partial charge in [-0.25, -0.2) is 4.39 Å². The van der Waals surface area contributed by atoms with E-state index >= 15 is 0 Å². The number of hydrogen-bond donors (Lipinski definition) is 2. The molecule has 0 unspecified atom stereocenters. The number of benzene rings is 1. The van der Waals surface area contributed by atoms with Crippen LogP contribution in [0.1, 0.15) is 5.56 Å². The molecule has 0 fully saturated rings. The molecule has 0 amide bonds. The standard InChI is InChI=1S/C10H14FNO2/c1-14-5-4-12-7-8-6-9(11)2-3-10(8)13/h2-3,6,12-13H,4-5,7H2,1H3. The summed E-state index contributed by atoms with van der Waals surface area (Å²) < 4.78 is 17.6. The van der Waals surface area contributed by atoms with Crippen LogP contribution in [0.4, 0.5) is 4.39 Å². The fraction of sp³-hybridized carbons (Fsp3) is 0.400. The zero-order valence-corrected chi connectivity index (χ0v) is 8.09. The van der Waals surface area contributed by atoms with Crippen molar-refractivity contribution in [1.29, 1.82) is 0 Å². The van der Waals surface area contributed by atoms with Gasteiger partial charge in [-0.05, 0) is 18.2 Å². The smallest absolute Gasteiger partial charge is 0.123 e. The number of phenolic OH excluding ortho intramolecular Hbond substituents is 1. The summed E-state index contributed by atoms with van der Waals surface area (Å²) in [7, 11) is 1.61. The fourth-order valence-electron chi connectivity index (χ4n) is 1.09. The molecule has 0 saturated heterocycles. The van der Waals surface area contributed by atoms with Crippen molar-refractivity contribution >= 4 is 0 Å². The Morgan fingerprint density at radius 1 is 1.50 bits per heavy atom. The van der Waals surface area contributed by atoms with Gasteiger partial charge in [-0.3, -0.25) is 0 Å². The summed E-state index contributed by atoms with van der Waals surface area (Å²) in [6.45, 7) is 1.70. The van der Waals surface area contributed by atoms with Crippen LogP contribution in [0.25, 0.3) is 0 Å². The Morgan fingerprint density at radius 2 is 2.29 bits per heavy atom. The van der Waals surface area contributed by atoms with Crippen LogP contribution in [0.15, 0.2) is 18.2 Å². The van der Waals surface area contributed by atoms with Crippen molar-refractivity contribution in [2.45, 2.75) is 6.54 Å². The molecule has 0 atom stereocenters. The molecular formula is C10H14FNO2. The first kappa shape index (κ1) is 10.9. The molecule has 1 aromatic rings. The van der Waals surface area contributed by atoms with E-state index in [0.29, 0.717) is 25.3 Å². The predicted molar refractivity (Wildman–Crippen MR) is 51.6 cm³/mol. The van der Waals surface area contributed by atoms with E-state index < -0.39 is 0 Å². The van der Waals surface area contributed by atoms with Gasteiger partial charge in [0, 0.05) is 25.8 Å². The quantitative estimate of drug-likeness (QED) is 0.702. The van der Waals surface area contributed by atoms with Crippen LogP contribution in [0.5, 0.6) is 5.75 Å². The van der Waals surface area contributed by atoms with Gasteiger partial charge in [0.1, 0.15) is 11.6 Å². The molecule has 0 spiro atoms. The molecule has 0 aliphatic rings. The molecule has 2 N–H and O–H groups in total. The van der Waals surface area contributed by atoms with Crippen molar-refractivity contribution in [3.63, 3.8) is 0 Å². The second kappa shape index (κ2) is 5.57. The van der Waals surface area contributed by atoms with E-state index in [1.807, 2.05) is 0 Å². The second-order valence-electron chi connectivity index (χ2n) is 2.94. The van der Waals surface area contributed by atoms with E-state index in [1.54, 1.807) is 7.11 Å². The predicted octanol–water partition coefficient (Wildman–Crippen LogP) is 1.27. The van der Waals surface area contributed by atoms with Crippen LogP contribution in [-0.2, 0) is 11.3 Å². The Hall–Kier alpha value is -1.13. The van der Waals surface area contributed by atoms with Crippen molar-refractivity contribution in [3.05, 3.63) is 29.6 Å². The molecule has 1 rings (SSSR count). The van der Waals surface area contributed by atoms with Crippen molar-refractivity contribution < 1.29 is 14.2 Å². The summed E-state index contributed by atoms with van der Waals surface area (Å²) in [5.41, 5.74) is 0.557. The van der Waals surface area contributed by atoms with E-state index in [-0.39, 0.29) is 11.6 Å². The number of aromatic hydroxyl groups is 1. The van der Waals surface area contributed by atoms with E-state index in [1.165, 1.54) is 18.2 Å². The molecule has 0 bridgehead atoms. The normalized spacial score (nSPS) is 10.4. The van der Waals surface area contributed by atoms with Crippen LogP contribution in [0.2, 0.25) is 0 Å². The largest absolute Gasteiger partial charge is 0.508 e. The zero-order chi connectivity index (χ0) is 10.4. The van der Waals surface area contributed by atoms with Crippen molar-refractivity contribution in [2.75, 3.05) is 20.3 Å². The molecule has 0 saturated carbocycles. The number of halogens is 1. The lowest BCUT2D eigenvalue weighted by molar-refractivity contribution is 0.199. The molecule has 14 heavy (non-hydrogen) atoms. The van der Waals surface area contributed by atoms with Crippen molar-refractivity contribution in [2.24, 2.45) is 0 Å². The van der Waals surface area contributed by atoms with Crippen LogP contribution < -0.4 is 5.32 Å². The first-order valence-corrected chi connectivity index (χ1v) is 4.41. The lowest BCUT2D eigenvalue weighted by Crippen LogP contribution is -2.18. The summed E-state index contributed by atoms with van der Waals surface area (Å²) in [5, 5.41) is 12.4. The third-order valence-corrected chi connectivity index (χ3v) is 1.84. The highest BCUT2D eigenvalue weighted by atomic mass is 19.1. The highest BCUT2D eigenvalue weighted by molar-refractivity contribution is 5.32. The lowest BCUT2D eigenvalue weighted by Gasteiger charge is -2.06. The zero-order valence-electron chi connectivity index (χ0n) is 8.09. The molecule has 1 aromatic carbocycles. The maximum absolute atomic E-state index is 12.8. The lowest BCUT2D eigenvalue weighted by atomic mass is 10.2. The summed E-state index contributed by atoms with van der Waals surface area (Å²) in [5.74, 6) is -0.234. The van der Waals surface area contributed by atoms with Crippen LogP contribution in [-0.4, -0.2) is 25.4 Å². The number of ether oxygens (including phenoxy) is 1. The Kier molecular flexibility index (Phi) is 4.35. The van der Waals surface area contributed by atoms with Gasteiger partial charge in [-0.1, -0.05) is 0 Å². The molecule has 0 radical (unpaired) electrons. The van der Waals surface area contributed by atoms with Gasteiger partial charge in [-0.2, -0.15) is 0 Å². The summed E-state index contributed by atoms with van der Waals surface area (Å²) in [6.07, 6.45) is 0. The number of methoxy groups -OCH3 is 1.